The Morgan fingerprint density at radius 3 is 2.75 bits per heavy atom. The molecule has 0 N–H and O–H groups in total. The molecular formula is C22H27N3O2S. The van der Waals surface area contributed by atoms with E-state index >= 15 is 0 Å². The summed E-state index contributed by atoms with van der Waals surface area (Å²) in [5.74, 6) is 0.547. The summed E-state index contributed by atoms with van der Waals surface area (Å²) >= 11 is 1.75. The quantitative estimate of drug-likeness (QED) is 0.544. The van der Waals surface area contributed by atoms with E-state index in [-0.39, 0.29) is 5.91 Å². The molecule has 3 aromatic heterocycles. The molecule has 5 nitrogen and oxygen atoms in total. The number of carbonyl (C=O) groups excluding carboxylic acids is 1. The predicted octanol–water partition coefficient (Wildman–Crippen LogP) is 4.87. The van der Waals surface area contributed by atoms with Crippen LogP contribution in [0.5, 0.6) is 0 Å². The zero-order chi connectivity index (χ0) is 20.1. The summed E-state index contributed by atoms with van der Waals surface area (Å²) in [5, 5.41) is 0. The molecule has 1 unspecified atom stereocenters. The van der Waals surface area contributed by atoms with Crippen LogP contribution in [-0.2, 0) is 16.1 Å². The second-order valence-electron chi connectivity index (χ2n) is 7.02. The van der Waals surface area contributed by atoms with Crippen LogP contribution in [0.15, 0.2) is 36.7 Å². The van der Waals surface area contributed by atoms with Crippen LogP contribution < -0.4 is 0 Å². The third-order valence-corrected chi connectivity index (χ3v) is 6.24. The van der Waals surface area contributed by atoms with E-state index in [2.05, 4.69) is 35.9 Å². The van der Waals surface area contributed by atoms with Gasteiger partial charge >= 0.3 is 0 Å². The normalized spacial score (nSPS) is 12.3. The summed E-state index contributed by atoms with van der Waals surface area (Å²) in [6.07, 6.45) is 4.85. The summed E-state index contributed by atoms with van der Waals surface area (Å²) in [5.41, 5.74) is 4.34. The summed E-state index contributed by atoms with van der Waals surface area (Å²) in [4.78, 5) is 23.9. The van der Waals surface area contributed by atoms with Gasteiger partial charge in [-0.2, -0.15) is 0 Å². The zero-order valence-electron chi connectivity index (χ0n) is 16.9. The van der Waals surface area contributed by atoms with Gasteiger partial charge in [0.15, 0.2) is 0 Å². The highest BCUT2D eigenvalue weighted by Crippen LogP contribution is 2.36. The Morgan fingerprint density at radius 2 is 2.11 bits per heavy atom. The highest BCUT2D eigenvalue weighted by molar-refractivity contribution is 7.22. The number of pyridine rings is 2. The molecule has 0 spiro atoms. The van der Waals surface area contributed by atoms with E-state index in [0.717, 1.165) is 28.1 Å². The minimum Gasteiger partial charge on any atom is -0.383 e. The molecule has 0 aliphatic heterocycles. The van der Waals surface area contributed by atoms with Crippen LogP contribution in [0.2, 0.25) is 0 Å². The van der Waals surface area contributed by atoms with Crippen molar-refractivity contribution in [1.29, 1.82) is 0 Å². The molecule has 3 heterocycles. The first-order chi connectivity index (χ1) is 13.5. The molecule has 0 saturated carbocycles. The highest BCUT2D eigenvalue weighted by Gasteiger charge is 2.14. The van der Waals surface area contributed by atoms with Crippen LogP contribution in [0.1, 0.15) is 44.2 Å². The fourth-order valence-electron chi connectivity index (χ4n) is 3.13. The summed E-state index contributed by atoms with van der Waals surface area (Å²) in [6.45, 7) is 7.69. The number of aromatic nitrogens is 2. The summed E-state index contributed by atoms with van der Waals surface area (Å²) in [6, 6.07) is 8.31. The van der Waals surface area contributed by atoms with Crippen LogP contribution in [0.25, 0.3) is 20.8 Å². The molecule has 0 saturated heterocycles. The van der Waals surface area contributed by atoms with Crippen molar-refractivity contribution in [2.45, 2.75) is 39.7 Å². The molecule has 28 heavy (non-hydrogen) atoms. The first kappa shape index (κ1) is 20.4. The Bertz CT molecular complexity index is 937. The molecule has 1 amide bonds. The minimum atomic E-state index is 0.0364. The van der Waals surface area contributed by atoms with Gasteiger partial charge in [0.25, 0.3) is 0 Å². The van der Waals surface area contributed by atoms with Gasteiger partial charge in [0.1, 0.15) is 0 Å². The van der Waals surface area contributed by atoms with Crippen LogP contribution in [0.4, 0.5) is 0 Å². The average molecular weight is 398 g/mol. The van der Waals surface area contributed by atoms with Crippen molar-refractivity contribution < 1.29 is 9.53 Å². The van der Waals surface area contributed by atoms with Gasteiger partial charge in [-0.05, 0) is 41.7 Å². The van der Waals surface area contributed by atoms with Crippen LogP contribution in [0, 0.1) is 0 Å². The van der Waals surface area contributed by atoms with Crippen molar-refractivity contribution in [1.82, 2.24) is 14.9 Å². The lowest BCUT2D eigenvalue weighted by atomic mass is 9.99. The zero-order valence-corrected chi connectivity index (χ0v) is 17.8. The third kappa shape index (κ3) is 4.56. The van der Waals surface area contributed by atoms with Crippen molar-refractivity contribution in [3.8, 4) is 10.6 Å². The molecule has 0 fully saturated rings. The number of ether oxygens (including phenoxy) is 1. The van der Waals surface area contributed by atoms with Gasteiger partial charge < -0.3 is 9.64 Å². The van der Waals surface area contributed by atoms with Gasteiger partial charge in [-0.15, -0.1) is 11.3 Å². The van der Waals surface area contributed by atoms with Gasteiger partial charge in [-0.25, -0.2) is 0 Å². The summed E-state index contributed by atoms with van der Waals surface area (Å²) in [7, 11) is 1.64. The van der Waals surface area contributed by atoms with Crippen molar-refractivity contribution in [3.63, 3.8) is 0 Å². The fraction of sp³-hybridized carbons (Fsp3) is 0.409. The first-order valence-corrected chi connectivity index (χ1v) is 10.4. The van der Waals surface area contributed by atoms with Crippen molar-refractivity contribution in [3.05, 3.63) is 47.8 Å². The molecule has 0 bridgehead atoms. The predicted molar refractivity (Wildman–Crippen MR) is 115 cm³/mol. The summed E-state index contributed by atoms with van der Waals surface area (Å²) < 4.78 is 6.34. The van der Waals surface area contributed by atoms with E-state index in [1.807, 2.05) is 24.5 Å². The van der Waals surface area contributed by atoms with E-state index in [0.29, 0.717) is 25.6 Å². The van der Waals surface area contributed by atoms with E-state index in [9.17, 15) is 4.79 Å². The molecule has 6 heteroatoms. The first-order valence-electron chi connectivity index (χ1n) is 9.61. The molecule has 0 aromatic carbocycles. The average Bonchev–Trinajstić information content (AvgIpc) is 3.15. The molecule has 0 aliphatic carbocycles. The number of fused-ring (bicyclic) bond motifs is 1. The Hall–Kier alpha value is -2.31. The highest BCUT2D eigenvalue weighted by atomic mass is 32.1. The lowest BCUT2D eigenvalue weighted by Gasteiger charge is -2.20. The van der Waals surface area contributed by atoms with Gasteiger partial charge in [0.2, 0.25) is 5.91 Å². The number of methoxy groups -OCH3 is 1. The molecule has 148 valence electrons. The standard InChI is InChI=1S/C22H27N3O2S/c1-5-15(2)18-8-9-23-20-12-21(28-22(18)20)19-7-6-17(13-24-19)14-25(16(3)26)10-11-27-4/h6-9,12-13,15H,5,10-11,14H2,1-4H3. The number of thiophene rings is 1. The SMILES string of the molecule is CCC(C)c1ccnc2cc(-c3ccc(CN(CCOC)C(C)=O)cn3)sc12. The Balaban J connectivity index is 1.82. The third-order valence-electron chi connectivity index (χ3n) is 5.05. The maximum absolute atomic E-state index is 11.8. The second kappa shape index (κ2) is 9.26. The lowest BCUT2D eigenvalue weighted by Crippen LogP contribution is -2.31. The maximum atomic E-state index is 11.8. The van der Waals surface area contributed by atoms with Crippen molar-refractivity contribution in [2.24, 2.45) is 0 Å². The van der Waals surface area contributed by atoms with E-state index in [1.54, 1.807) is 30.3 Å². The van der Waals surface area contributed by atoms with Gasteiger partial charge in [-0.3, -0.25) is 14.8 Å². The molecule has 1 atom stereocenters. The fourth-order valence-corrected chi connectivity index (χ4v) is 4.34. The van der Waals surface area contributed by atoms with E-state index < -0.39 is 0 Å². The van der Waals surface area contributed by atoms with Crippen molar-refractivity contribution >= 4 is 27.5 Å². The van der Waals surface area contributed by atoms with Crippen LogP contribution >= 0.6 is 11.3 Å². The van der Waals surface area contributed by atoms with E-state index in [1.165, 1.54) is 10.3 Å². The molecule has 0 radical (unpaired) electrons. The Morgan fingerprint density at radius 1 is 1.29 bits per heavy atom. The van der Waals surface area contributed by atoms with E-state index in [4.69, 9.17) is 4.74 Å². The van der Waals surface area contributed by atoms with Crippen LogP contribution in [-0.4, -0.2) is 41.0 Å². The second-order valence-corrected chi connectivity index (χ2v) is 8.07. The van der Waals surface area contributed by atoms with Gasteiger partial charge in [0, 0.05) is 39.5 Å². The molecular weight excluding hydrogens is 370 g/mol. The lowest BCUT2D eigenvalue weighted by molar-refractivity contribution is -0.130. The smallest absolute Gasteiger partial charge is 0.219 e. The van der Waals surface area contributed by atoms with Crippen LogP contribution in [0.3, 0.4) is 0 Å². The largest absolute Gasteiger partial charge is 0.383 e. The number of nitrogens with zero attached hydrogens (tertiary/aromatic N) is 3. The molecule has 3 aromatic rings. The monoisotopic (exact) mass is 397 g/mol. The minimum absolute atomic E-state index is 0.0364. The Labute approximate surface area is 170 Å². The van der Waals surface area contributed by atoms with Crippen molar-refractivity contribution in [2.75, 3.05) is 20.3 Å². The number of carbonyl (C=O) groups is 1. The topological polar surface area (TPSA) is 55.3 Å². The van der Waals surface area contributed by atoms with Gasteiger partial charge in [0.05, 0.1) is 27.4 Å². The number of hydrogen-bond acceptors (Lipinski definition) is 5. The maximum Gasteiger partial charge on any atom is 0.219 e. The van der Waals surface area contributed by atoms with Gasteiger partial charge in [-0.1, -0.05) is 19.9 Å². The Kier molecular flexibility index (Phi) is 6.75. The number of amides is 1. The molecule has 3 rings (SSSR count). The number of hydrogen-bond donors (Lipinski definition) is 0. The number of rotatable bonds is 8. The molecule has 0 aliphatic rings.